The number of halogens is 2. The van der Waals surface area contributed by atoms with Gasteiger partial charge in [-0.25, -0.2) is 36.2 Å². The Hall–Kier alpha value is -1.30. The van der Waals surface area contributed by atoms with Gasteiger partial charge in [0.1, 0.15) is 20.1 Å². The molecule has 0 unspecified atom stereocenters. The van der Waals surface area contributed by atoms with Gasteiger partial charge in [-0.3, -0.25) is 0 Å². The predicted octanol–water partition coefficient (Wildman–Crippen LogP) is 2.60. The highest BCUT2D eigenvalue weighted by Gasteiger charge is 2.14. The summed E-state index contributed by atoms with van der Waals surface area (Å²) < 4.78 is 53.2. The van der Waals surface area contributed by atoms with Gasteiger partial charge < -0.3 is 0 Å². The van der Waals surface area contributed by atoms with Crippen LogP contribution in [0.25, 0.3) is 0 Å². The van der Waals surface area contributed by atoms with Crippen molar-refractivity contribution in [2.75, 3.05) is 13.1 Å². The van der Waals surface area contributed by atoms with Crippen LogP contribution in [0.15, 0.2) is 46.5 Å². The van der Waals surface area contributed by atoms with Crippen molar-refractivity contribution in [3.8, 4) is 0 Å². The Balaban J connectivity index is 1.63. The second-order valence-corrected chi connectivity index (χ2v) is 10.2. The van der Waals surface area contributed by atoms with Gasteiger partial charge in [0, 0.05) is 25.5 Å². The molecule has 12 heteroatoms. The second kappa shape index (κ2) is 10.5. The molecular weight excluding hydrogens is 447 g/mol. The molecule has 0 aromatic carbocycles. The number of unbranched alkanes of at least 4 members (excludes halogenated alkanes) is 3. The molecule has 2 heterocycles. The molecule has 28 heavy (non-hydrogen) atoms. The molecule has 2 aromatic rings. The Labute approximate surface area is 174 Å². The number of aromatic nitrogens is 2. The maximum absolute atomic E-state index is 12.1. The number of hydrogen-bond acceptors (Lipinski definition) is 6. The maximum Gasteiger partial charge on any atom is 0.242 e. The normalized spacial score (nSPS) is 12.2. The molecule has 2 N–H and O–H groups in total. The fourth-order valence-corrected chi connectivity index (χ4v) is 4.49. The van der Waals surface area contributed by atoms with Gasteiger partial charge in [0.25, 0.3) is 0 Å². The standard InChI is InChI=1S/C16H20Cl2N4O4S2/c17-15-7-5-13(11-19-15)27(23,24)21-9-3-1-2-4-10-22-28(25,26)14-6-8-16(18)20-12-14/h5-8,11-12,21-22H,1-4,9-10H2. The molecule has 8 nitrogen and oxygen atoms in total. The van der Waals surface area contributed by atoms with Crippen molar-refractivity contribution in [3.63, 3.8) is 0 Å². The molecule has 0 aliphatic rings. The molecule has 2 aromatic heterocycles. The lowest BCUT2D eigenvalue weighted by molar-refractivity contribution is 0.562. The summed E-state index contributed by atoms with van der Waals surface area (Å²) in [7, 11) is -7.21. The van der Waals surface area contributed by atoms with Gasteiger partial charge in [0.05, 0.1) is 0 Å². The molecule has 0 fully saturated rings. The Morgan fingerprint density at radius 3 is 1.39 bits per heavy atom. The van der Waals surface area contributed by atoms with Crippen LogP contribution in [0.5, 0.6) is 0 Å². The molecule has 0 spiro atoms. The van der Waals surface area contributed by atoms with Crippen LogP contribution >= 0.6 is 23.2 Å². The van der Waals surface area contributed by atoms with Crippen molar-refractivity contribution in [2.24, 2.45) is 0 Å². The number of nitrogens with zero attached hydrogens (tertiary/aromatic N) is 2. The van der Waals surface area contributed by atoms with Crippen LogP contribution in [0, 0.1) is 0 Å². The summed E-state index contributed by atoms with van der Waals surface area (Å²) in [5.74, 6) is 0. The lowest BCUT2D eigenvalue weighted by Gasteiger charge is -2.08. The summed E-state index contributed by atoms with van der Waals surface area (Å²) in [6.07, 6.45) is 5.18. The third-order valence-electron chi connectivity index (χ3n) is 3.71. The molecule has 0 bridgehead atoms. The number of hydrogen-bond donors (Lipinski definition) is 2. The second-order valence-electron chi connectivity index (χ2n) is 5.84. The Morgan fingerprint density at radius 2 is 1.07 bits per heavy atom. The highest BCUT2D eigenvalue weighted by Crippen LogP contribution is 2.12. The molecule has 0 amide bonds. The van der Waals surface area contributed by atoms with E-state index in [9.17, 15) is 16.8 Å². The van der Waals surface area contributed by atoms with E-state index in [4.69, 9.17) is 23.2 Å². The summed E-state index contributed by atoms with van der Waals surface area (Å²) in [6, 6.07) is 5.61. The van der Waals surface area contributed by atoms with Gasteiger partial charge >= 0.3 is 0 Å². The van der Waals surface area contributed by atoms with E-state index in [1.54, 1.807) is 0 Å². The van der Waals surface area contributed by atoms with E-state index in [1.807, 2.05) is 0 Å². The van der Waals surface area contributed by atoms with E-state index in [0.29, 0.717) is 12.8 Å². The highest BCUT2D eigenvalue weighted by atomic mass is 35.5. The van der Waals surface area contributed by atoms with E-state index in [2.05, 4.69) is 19.4 Å². The molecule has 0 saturated heterocycles. The summed E-state index contributed by atoms with van der Waals surface area (Å²) in [5, 5.41) is 0.448. The fourth-order valence-electron chi connectivity index (χ4n) is 2.23. The van der Waals surface area contributed by atoms with Crippen LogP contribution in [0.1, 0.15) is 25.7 Å². The largest absolute Gasteiger partial charge is 0.243 e. The first kappa shape index (κ1) is 23.0. The SMILES string of the molecule is O=S(=O)(NCCCCCCNS(=O)(=O)c1ccc(Cl)nc1)c1ccc(Cl)nc1. The van der Waals surface area contributed by atoms with E-state index < -0.39 is 20.0 Å². The van der Waals surface area contributed by atoms with Crippen LogP contribution in [-0.4, -0.2) is 39.9 Å². The quantitative estimate of drug-likeness (QED) is 0.388. The van der Waals surface area contributed by atoms with Crippen molar-refractivity contribution >= 4 is 43.2 Å². The molecule has 154 valence electrons. The number of nitrogens with one attached hydrogen (secondary N) is 2. The molecular formula is C16H20Cl2N4O4S2. The molecule has 0 aliphatic carbocycles. The van der Waals surface area contributed by atoms with Gasteiger partial charge in [-0.05, 0) is 37.1 Å². The zero-order valence-electron chi connectivity index (χ0n) is 14.8. The Morgan fingerprint density at radius 1 is 0.679 bits per heavy atom. The fraction of sp³-hybridized carbons (Fsp3) is 0.375. The molecule has 0 aliphatic heterocycles. The van der Waals surface area contributed by atoms with Crippen LogP contribution in [0.4, 0.5) is 0 Å². The summed E-state index contributed by atoms with van der Waals surface area (Å²) in [4.78, 5) is 7.62. The lowest BCUT2D eigenvalue weighted by atomic mass is 10.2. The topological polar surface area (TPSA) is 118 Å². The number of rotatable bonds is 11. The minimum Gasteiger partial charge on any atom is -0.243 e. The minimum atomic E-state index is -3.61. The van der Waals surface area contributed by atoms with E-state index in [0.717, 1.165) is 12.8 Å². The zero-order chi connectivity index (χ0) is 20.6. The average Bonchev–Trinajstić information content (AvgIpc) is 2.64. The van der Waals surface area contributed by atoms with Gasteiger partial charge in [0.15, 0.2) is 0 Å². The first-order chi connectivity index (χ1) is 13.2. The average molecular weight is 467 g/mol. The lowest BCUT2D eigenvalue weighted by Crippen LogP contribution is -2.25. The minimum absolute atomic E-state index is 0.0583. The van der Waals surface area contributed by atoms with Crippen molar-refractivity contribution in [1.82, 2.24) is 19.4 Å². The van der Waals surface area contributed by atoms with E-state index in [-0.39, 0.29) is 33.2 Å². The van der Waals surface area contributed by atoms with E-state index in [1.165, 1.54) is 36.7 Å². The molecule has 2 rings (SSSR count). The smallest absolute Gasteiger partial charge is 0.242 e. The summed E-state index contributed by atoms with van der Waals surface area (Å²) in [6.45, 7) is 0.570. The predicted molar refractivity (Wildman–Crippen MR) is 107 cm³/mol. The zero-order valence-corrected chi connectivity index (χ0v) is 18.0. The monoisotopic (exact) mass is 466 g/mol. The first-order valence-electron chi connectivity index (χ1n) is 8.43. The van der Waals surface area contributed by atoms with Crippen LogP contribution in [-0.2, 0) is 20.0 Å². The van der Waals surface area contributed by atoms with Crippen molar-refractivity contribution in [2.45, 2.75) is 35.5 Å². The first-order valence-corrected chi connectivity index (χ1v) is 12.2. The maximum atomic E-state index is 12.1. The van der Waals surface area contributed by atoms with Crippen molar-refractivity contribution < 1.29 is 16.8 Å². The Kier molecular flexibility index (Phi) is 8.59. The van der Waals surface area contributed by atoms with Gasteiger partial charge in [-0.15, -0.1) is 0 Å². The van der Waals surface area contributed by atoms with Crippen LogP contribution in [0.2, 0.25) is 10.3 Å². The molecule has 0 saturated carbocycles. The van der Waals surface area contributed by atoms with E-state index >= 15 is 0 Å². The third kappa shape index (κ3) is 7.26. The van der Waals surface area contributed by atoms with Gasteiger partial charge in [-0.2, -0.15) is 0 Å². The van der Waals surface area contributed by atoms with Crippen LogP contribution < -0.4 is 9.44 Å². The molecule has 0 radical (unpaired) electrons. The van der Waals surface area contributed by atoms with Gasteiger partial charge in [-0.1, -0.05) is 36.0 Å². The van der Waals surface area contributed by atoms with Crippen LogP contribution in [0.3, 0.4) is 0 Å². The van der Waals surface area contributed by atoms with Gasteiger partial charge in [0.2, 0.25) is 20.0 Å². The van der Waals surface area contributed by atoms with Crippen molar-refractivity contribution in [3.05, 3.63) is 47.0 Å². The number of pyridine rings is 2. The number of sulfonamides is 2. The third-order valence-corrected chi connectivity index (χ3v) is 7.05. The molecule has 0 atom stereocenters. The van der Waals surface area contributed by atoms with Crippen molar-refractivity contribution in [1.29, 1.82) is 0 Å². The Bertz CT molecular complexity index is 885. The highest BCUT2D eigenvalue weighted by molar-refractivity contribution is 7.89. The summed E-state index contributed by atoms with van der Waals surface area (Å²) >= 11 is 11.3. The summed E-state index contributed by atoms with van der Waals surface area (Å²) in [5.41, 5.74) is 0.